The minimum Gasteiger partial charge on any atom is -0.399 e. The van der Waals surface area contributed by atoms with Crippen molar-refractivity contribution in [1.82, 2.24) is 5.32 Å². The topological polar surface area (TPSA) is 55.1 Å². The lowest BCUT2D eigenvalue weighted by atomic mass is 10.1. The molecule has 1 aromatic rings. The quantitative estimate of drug-likeness (QED) is 0.573. The highest BCUT2D eigenvalue weighted by atomic mass is 16.1. The third kappa shape index (κ3) is 4.78. The summed E-state index contributed by atoms with van der Waals surface area (Å²) in [5.74, 6) is 1.10. The zero-order valence-corrected chi connectivity index (χ0v) is 10.8. The van der Waals surface area contributed by atoms with E-state index in [2.05, 4.69) is 5.32 Å². The summed E-state index contributed by atoms with van der Waals surface area (Å²) in [6.45, 7) is 0.826. The lowest BCUT2D eigenvalue weighted by Gasteiger charge is -2.05. The Morgan fingerprint density at radius 3 is 2.94 bits per heavy atom. The first kappa shape index (κ1) is 12.9. The molecule has 0 radical (unpaired) electrons. The maximum atomic E-state index is 11.6. The van der Waals surface area contributed by atoms with Gasteiger partial charge in [0, 0.05) is 18.7 Å². The Balaban J connectivity index is 1.58. The molecule has 3 heteroatoms. The second-order valence-corrected chi connectivity index (χ2v) is 5.18. The van der Waals surface area contributed by atoms with Gasteiger partial charge < -0.3 is 11.1 Å². The van der Waals surface area contributed by atoms with Gasteiger partial charge in [0.25, 0.3) is 0 Å². The number of anilines is 1. The number of amides is 1. The molecular formula is C15H22N2O. The molecule has 0 heterocycles. The van der Waals surface area contributed by atoms with E-state index in [9.17, 15) is 4.79 Å². The Labute approximate surface area is 109 Å². The van der Waals surface area contributed by atoms with Crippen LogP contribution < -0.4 is 11.1 Å². The molecular weight excluding hydrogens is 224 g/mol. The van der Waals surface area contributed by atoms with E-state index in [1.807, 2.05) is 24.3 Å². The highest BCUT2D eigenvalue weighted by Crippen LogP contribution is 2.33. The number of aryl methyl sites for hydroxylation is 1. The molecule has 0 bridgehead atoms. The third-order valence-electron chi connectivity index (χ3n) is 3.40. The predicted molar refractivity (Wildman–Crippen MR) is 74.1 cm³/mol. The standard InChI is InChI=1S/C15H22N2O/c16-14-5-1-3-13(11-14)8-9-15(18)17-10-2-4-12-6-7-12/h1,3,5,11-12H,2,4,6-10,16H2,(H,17,18). The van der Waals surface area contributed by atoms with Gasteiger partial charge in [-0.05, 0) is 42.9 Å². The maximum absolute atomic E-state index is 11.6. The second-order valence-electron chi connectivity index (χ2n) is 5.18. The zero-order chi connectivity index (χ0) is 12.8. The molecule has 3 N–H and O–H groups in total. The summed E-state index contributed by atoms with van der Waals surface area (Å²) in [4.78, 5) is 11.6. The van der Waals surface area contributed by atoms with E-state index in [4.69, 9.17) is 5.73 Å². The summed E-state index contributed by atoms with van der Waals surface area (Å²) in [6.07, 6.45) is 6.49. The number of hydrogen-bond donors (Lipinski definition) is 2. The number of nitrogens with one attached hydrogen (secondary N) is 1. The van der Waals surface area contributed by atoms with E-state index in [1.165, 1.54) is 19.3 Å². The molecule has 0 spiro atoms. The van der Waals surface area contributed by atoms with Crippen molar-refractivity contribution in [3.8, 4) is 0 Å². The summed E-state index contributed by atoms with van der Waals surface area (Å²) in [5, 5.41) is 2.98. The molecule has 1 fully saturated rings. The fraction of sp³-hybridized carbons (Fsp3) is 0.533. The van der Waals surface area contributed by atoms with E-state index >= 15 is 0 Å². The van der Waals surface area contributed by atoms with Crippen LogP contribution in [0.15, 0.2) is 24.3 Å². The third-order valence-corrected chi connectivity index (χ3v) is 3.40. The molecule has 98 valence electrons. The monoisotopic (exact) mass is 246 g/mol. The van der Waals surface area contributed by atoms with Gasteiger partial charge in [-0.3, -0.25) is 4.79 Å². The first-order chi connectivity index (χ1) is 8.74. The Morgan fingerprint density at radius 1 is 1.39 bits per heavy atom. The fourth-order valence-electron chi connectivity index (χ4n) is 2.12. The molecule has 2 rings (SSSR count). The lowest BCUT2D eigenvalue weighted by Crippen LogP contribution is -2.24. The molecule has 1 amide bonds. The first-order valence-corrected chi connectivity index (χ1v) is 6.85. The van der Waals surface area contributed by atoms with E-state index in [-0.39, 0.29) is 5.91 Å². The van der Waals surface area contributed by atoms with Gasteiger partial charge in [0.15, 0.2) is 0 Å². The lowest BCUT2D eigenvalue weighted by molar-refractivity contribution is -0.121. The summed E-state index contributed by atoms with van der Waals surface area (Å²) in [6, 6.07) is 7.73. The maximum Gasteiger partial charge on any atom is 0.220 e. The molecule has 3 nitrogen and oxygen atoms in total. The summed E-state index contributed by atoms with van der Waals surface area (Å²) in [7, 11) is 0. The number of nitrogens with two attached hydrogens (primary N) is 1. The predicted octanol–water partition coefficient (Wildman–Crippen LogP) is 2.51. The minimum absolute atomic E-state index is 0.147. The molecule has 0 atom stereocenters. The molecule has 18 heavy (non-hydrogen) atoms. The molecule has 1 aromatic carbocycles. The number of hydrogen-bond acceptors (Lipinski definition) is 2. The van der Waals surface area contributed by atoms with Crippen molar-refractivity contribution in [3.63, 3.8) is 0 Å². The average Bonchev–Trinajstić information content (AvgIpc) is 3.16. The summed E-state index contributed by atoms with van der Waals surface area (Å²) < 4.78 is 0. The van der Waals surface area contributed by atoms with Gasteiger partial charge in [-0.2, -0.15) is 0 Å². The Morgan fingerprint density at radius 2 is 2.22 bits per heavy atom. The molecule has 0 unspecified atom stereocenters. The molecule has 0 aliphatic heterocycles. The largest absolute Gasteiger partial charge is 0.399 e. The molecule has 1 saturated carbocycles. The highest BCUT2D eigenvalue weighted by Gasteiger charge is 2.19. The van der Waals surface area contributed by atoms with Gasteiger partial charge in [-0.15, -0.1) is 0 Å². The van der Waals surface area contributed by atoms with Crippen LogP contribution >= 0.6 is 0 Å². The average molecular weight is 246 g/mol. The number of carbonyl (C=O) groups is 1. The van der Waals surface area contributed by atoms with Crippen LogP contribution in [-0.4, -0.2) is 12.5 Å². The molecule has 1 aliphatic carbocycles. The Bertz CT molecular complexity index is 399. The van der Waals surface area contributed by atoms with Crippen LogP contribution in [0, 0.1) is 5.92 Å². The van der Waals surface area contributed by atoms with Gasteiger partial charge in [0.1, 0.15) is 0 Å². The van der Waals surface area contributed by atoms with Crippen LogP contribution in [-0.2, 0) is 11.2 Å². The van der Waals surface area contributed by atoms with Crippen molar-refractivity contribution in [3.05, 3.63) is 29.8 Å². The van der Waals surface area contributed by atoms with E-state index in [0.29, 0.717) is 6.42 Å². The van der Waals surface area contributed by atoms with Crippen molar-refractivity contribution in [2.75, 3.05) is 12.3 Å². The number of benzene rings is 1. The zero-order valence-electron chi connectivity index (χ0n) is 10.8. The van der Waals surface area contributed by atoms with Crippen molar-refractivity contribution < 1.29 is 4.79 Å². The SMILES string of the molecule is Nc1cccc(CCC(=O)NCCCC2CC2)c1. The van der Waals surface area contributed by atoms with Crippen molar-refractivity contribution in [2.45, 2.75) is 38.5 Å². The smallest absolute Gasteiger partial charge is 0.220 e. The normalized spacial score (nSPS) is 14.4. The molecule has 0 aromatic heterocycles. The van der Waals surface area contributed by atoms with Gasteiger partial charge in [-0.25, -0.2) is 0 Å². The van der Waals surface area contributed by atoms with E-state index in [0.717, 1.165) is 36.6 Å². The fourth-order valence-corrected chi connectivity index (χ4v) is 2.12. The summed E-state index contributed by atoms with van der Waals surface area (Å²) in [5.41, 5.74) is 7.59. The summed E-state index contributed by atoms with van der Waals surface area (Å²) >= 11 is 0. The first-order valence-electron chi connectivity index (χ1n) is 6.85. The van der Waals surface area contributed by atoms with Crippen molar-refractivity contribution in [2.24, 2.45) is 5.92 Å². The number of carbonyl (C=O) groups excluding carboxylic acids is 1. The second kappa shape index (κ2) is 6.43. The van der Waals surface area contributed by atoms with Crippen LogP contribution in [0.3, 0.4) is 0 Å². The minimum atomic E-state index is 0.147. The van der Waals surface area contributed by atoms with Crippen LogP contribution in [0.25, 0.3) is 0 Å². The van der Waals surface area contributed by atoms with Crippen molar-refractivity contribution >= 4 is 11.6 Å². The van der Waals surface area contributed by atoms with Gasteiger partial charge in [0.05, 0.1) is 0 Å². The highest BCUT2D eigenvalue weighted by molar-refractivity contribution is 5.76. The Kier molecular flexibility index (Phi) is 4.62. The van der Waals surface area contributed by atoms with Gasteiger partial charge in [0.2, 0.25) is 5.91 Å². The van der Waals surface area contributed by atoms with Gasteiger partial charge in [-0.1, -0.05) is 25.0 Å². The van der Waals surface area contributed by atoms with Crippen LogP contribution in [0.2, 0.25) is 0 Å². The molecule has 1 aliphatic rings. The van der Waals surface area contributed by atoms with E-state index < -0.39 is 0 Å². The van der Waals surface area contributed by atoms with Crippen LogP contribution in [0.1, 0.15) is 37.7 Å². The van der Waals surface area contributed by atoms with E-state index in [1.54, 1.807) is 0 Å². The van der Waals surface area contributed by atoms with Crippen molar-refractivity contribution in [1.29, 1.82) is 0 Å². The van der Waals surface area contributed by atoms with Crippen LogP contribution in [0.5, 0.6) is 0 Å². The number of rotatable bonds is 7. The number of nitrogen functional groups attached to an aromatic ring is 1. The molecule has 0 saturated heterocycles. The van der Waals surface area contributed by atoms with Crippen LogP contribution in [0.4, 0.5) is 5.69 Å². The van der Waals surface area contributed by atoms with Gasteiger partial charge >= 0.3 is 0 Å². The Hall–Kier alpha value is -1.51.